The molecule has 0 unspecified atom stereocenters. The SMILES string of the molecule is COC(=O)/C(N=Nc1c(C)n(C)n(-c2ccccc2)c1=O)=C(\C)O. The average Bonchev–Trinajstić information content (AvgIpc) is 2.78. The zero-order chi connectivity index (χ0) is 17.9. The Bertz CT molecular complexity index is 871. The molecule has 0 spiro atoms. The molecule has 24 heavy (non-hydrogen) atoms. The molecule has 1 aromatic carbocycles. The molecular formula is C16H18N4O4. The quantitative estimate of drug-likeness (QED) is 0.403. The third kappa shape index (κ3) is 3.12. The Hall–Kier alpha value is -3.16. The lowest BCUT2D eigenvalue weighted by Crippen LogP contribution is -2.19. The molecule has 0 saturated carbocycles. The number of aliphatic hydroxyl groups is 1. The molecule has 0 amide bonds. The number of esters is 1. The summed E-state index contributed by atoms with van der Waals surface area (Å²) in [5.74, 6) is -1.18. The third-order valence-corrected chi connectivity index (χ3v) is 3.50. The van der Waals surface area contributed by atoms with Gasteiger partial charge in [-0.3, -0.25) is 9.48 Å². The number of hydrogen-bond donors (Lipinski definition) is 1. The van der Waals surface area contributed by atoms with Crippen molar-refractivity contribution < 1.29 is 14.6 Å². The summed E-state index contributed by atoms with van der Waals surface area (Å²) in [6.07, 6.45) is 0. The zero-order valence-corrected chi connectivity index (χ0v) is 13.8. The summed E-state index contributed by atoms with van der Waals surface area (Å²) >= 11 is 0. The fourth-order valence-corrected chi connectivity index (χ4v) is 2.13. The first-order chi connectivity index (χ1) is 11.4. The molecular weight excluding hydrogens is 312 g/mol. The van der Waals surface area contributed by atoms with Crippen LogP contribution >= 0.6 is 0 Å². The molecule has 8 heteroatoms. The number of ether oxygens (including phenoxy) is 1. The van der Waals surface area contributed by atoms with Crippen molar-refractivity contribution >= 4 is 11.7 Å². The van der Waals surface area contributed by atoms with Gasteiger partial charge in [-0.25, -0.2) is 9.48 Å². The minimum absolute atomic E-state index is 0.0732. The second-order valence-electron chi connectivity index (χ2n) is 5.04. The Kier molecular flexibility index (Phi) is 4.98. The molecule has 126 valence electrons. The van der Waals surface area contributed by atoms with E-state index in [2.05, 4.69) is 15.0 Å². The Labute approximate surface area is 138 Å². The molecule has 2 rings (SSSR count). The Balaban J connectivity index is 2.54. The first-order valence-corrected chi connectivity index (χ1v) is 7.12. The molecule has 0 saturated heterocycles. The van der Waals surface area contributed by atoms with Crippen LogP contribution in [0, 0.1) is 6.92 Å². The van der Waals surface area contributed by atoms with E-state index in [0.29, 0.717) is 11.4 Å². The molecule has 8 nitrogen and oxygen atoms in total. The second-order valence-corrected chi connectivity index (χ2v) is 5.04. The van der Waals surface area contributed by atoms with Crippen LogP contribution in [0.4, 0.5) is 5.69 Å². The lowest BCUT2D eigenvalue weighted by atomic mass is 10.3. The van der Waals surface area contributed by atoms with Crippen LogP contribution in [0.5, 0.6) is 0 Å². The summed E-state index contributed by atoms with van der Waals surface area (Å²) in [6, 6.07) is 9.07. The predicted octanol–water partition coefficient (Wildman–Crippen LogP) is 2.53. The first kappa shape index (κ1) is 17.2. The van der Waals surface area contributed by atoms with Crippen LogP contribution in [0.3, 0.4) is 0 Å². The Morgan fingerprint density at radius 3 is 2.42 bits per heavy atom. The van der Waals surface area contributed by atoms with Gasteiger partial charge in [0.1, 0.15) is 5.76 Å². The topological polar surface area (TPSA) is 98.2 Å². The summed E-state index contributed by atoms with van der Waals surface area (Å²) in [5.41, 5.74) is 0.573. The van der Waals surface area contributed by atoms with Gasteiger partial charge in [0.25, 0.3) is 5.56 Å². The molecule has 1 heterocycles. The van der Waals surface area contributed by atoms with Gasteiger partial charge in [-0.2, -0.15) is 0 Å². The second kappa shape index (κ2) is 6.95. The van der Waals surface area contributed by atoms with E-state index in [0.717, 1.165) is 7.11 Å². The smallest absolute Gasteiger partial charge is 0.362 e. The van der Waals surface area contributed by atoms with Crippen molar-refractivity contribution in [3.63, 3.8) is 0 Å². The Morgan fingerprint density at radius 1 is 1.25 bits per heavy atom. The van der Waals surface area contributed by atoms with E-state index in [1.807, 2.05) is 18.2 Å². The van der Waals surface area contributed by atoms with Crippen LogP contribution in [-0.2, 0) is 16.6 Å². The highest BCUT2D eigenvalue weighted by Crippen LogP contribution is 2.18. The Morgan fingerprint density at radius 2 is 1.88 bits per heavy atom. The van der Waals surface area contributed by atoms with Crippen LogP contribution in [0.1, 0.15) is 12.6 Å². The zero-order valence-electron chi connectivity index (χ0n) is 13.8. The number of allylic oxidation sites excluding steroid dienone is 1. The summed E-state index contributed by atoms with van der Waals surface area (Å²) in [6.45, 7) is 2.99. The molecule has 0 bridgehead atoms. The van der Waals surface area contributed by atoms with Gasteiger partial charge in [-0.05, 0) is 26.0 Å². The van der Waals surface area contributed by atoms with Gasteiger partial charge in [-0.1, -0.05) is 18.2 Å². The highest BCUT2D eigenvalue weighted by Gasteiger charge is 2.18. The summed E-state index contributed by atoms with van der Waals surface area (Å²) in [5, 5.41) is 17.0. The van der Waals surface area contributed by atoms with Gasteiger partial charge in [0.2, 0.25) is 5.70 Å². The maximum Gasteiger partial charge on any atom is 0.362 e. The monoisotopic (exact) mass is 330 g/mol. The maximum absolute atomic E-state index is 12.6. The molecule has 2 aromatic rings. The van der Waals surface area contributed by atoms with E-state index in [9.17, 15) is 14.7 Å². The van der Waals surface area contributed by atoms with Crippen LogP contribution in [-0.4, -0.2) is 27.5 Å². The van der Waals surface area contributed by atoms with Crippen molar-refractivity contribution in [1.29, 1.82) is 0 Å². The number of rotatable bonds is 4. The molecule has 0 aliphatic heterocycles. The van der Waals surface area contributed by atoms with Crippen LogP contribution in [0.15, 0.2) is 56.8 Å². The van der Waals surface area contributed by atoms with E-state index in [1.54, 1.807) is 30.8 Å². The number of methoxy groups -OCH3 is 1. The number of para-hydroxylation sites is 1. The fraction of sp³-hybridized carbons (Fsp3) is 0.250. The molecule has 0 fully saturated rings. The van der Waals surface area contributed by atoms with E-state index in [4.69, 9.17) is 0 Å². The lowest BCUT2D eigenvalue weighted by molar-refractivity contribution is -0.136. The van der Waals surface area contributed by atoms with Crippen molar-refractivity contribution in [2.45, 2.75) is 13.8 Å². The first-order valence-electron chi connectivity index (χ1n) is 7.12. The summed E-state index contributed by atoms with van der Waals surface area (Å²) in [4.78, 5) is 24.2. The van der Waals surface area contributed by atoms with Gasteiger partial charge < -0.3 is 9.84 Å². The number of hydrogen-bond acceptors (Lipinski definition) is 6. The standard InChI is InChI=1S/C16H18N4O4/c1-10-13(17-18-14(11(2)21)16(23)24-4)15(22)20(19(10)3)12-8-6-5-7-9-12/h5-9,21H,1-4H3/b14-11-,18-17?. The lowest BCUT2D eigenvalue weighted by Gasteiger charge is -2.07. The molecule has 0 aliphatic carbocycles. The maximum atomic E-state index is 12.6. The number of azo groups is 1. The van der Waals surface area contributed by atoms with Gasteiger partial charge in [-0.15, -0.1) is 10.2 Å². The van der Waals surface area contributed by atoms with E-state index in [-0.39, 0.29) is 22.7 Å². The number of aromatic nitrogens is 2. The summed E-state index contributed by atoms with van der Waals surface area (Å²) < 4.78 is 7.60. The number of carbonyl (C=O) groups is 1. The molecule has 0 aliphatic rings. The predicted molar refractivity (Wildman–Crippen MR) is 87.6 cm³/mol. The largest absolute Gasteiger partial charge is 0.510 e. The number of nitrogens with zero attached hydrogens (tertiary/aromatic N) is 4. The fourth-order valence-electron chi connectivity index (χ4n) is 2.13. The molecule has 1 aromatic heterocycles. The highest BCUT2D eigenvalue weighted by atomic mass is 16.5. The normalized spacial score (nSPS) is 12.3. The molecule has 1 N–H and O–H groups in total. The van der Waals surface area contributed by atoms with Crippen LogP contribution in [0.25, 0.3) is 5.69 Å². The number of aliphatic hydroxyl groups excluding tert-OH is 1. The average molecular weight is 330 g/mol. The summed E-state index contributed by atoms with van der Waals surface area (Å²) in [7, 11) is 2.88. The van der Waals surface area contributed by atoms with Crippen LogP contribution < -0.4 is 5.56 Å². The van der Waals surface area contributed by atoms with E-state index < -0.39 is 5.97 Å². The minimum Gasteiger partial charge on any atom is -0.510 e. The van der Waals surface area contributed by atoms with E-state index in [1.165, 1.54) is 11.6 Å². The van der Waals surface area contributed by atoms with Gasteiger partial charge in [0, 0.05) is 7.05 Å². The van der Waals surface area contributed by atoms with Gasteiger partial charge in [0.15, 0.2) is 5.69 Å². The number of carbonyl (C=O) groups excluding carboxylic acids is 1. The third-order valence-electron chi connectivity index (χ3n) is 3.50. The molecule has 0 atom stereocenters. The van der Waals surface area contributed by atoms with Crippen molar-refractivity contribution in [3.8, 4) is 5.69 Å². The van der Waals surface area contributed by atoms with Crippen LogP contribution in [0.2, 0.25) is 0 Å². The van der Waals surface area contributed by atoms with Gasteiger partial charge in [0.05, 0.1) is 18.5 Å². The number of benzene rings is 1. The van der Waals surface area contributed by atoms with Crippen molar-refractivity contribution in [2.75, 3.05) is 7.11 Å². The molecule has 0 radical (unpaired) electrons. The highest BCUT2D eigenvalue weighted by molar-refractivity contribution is 5.88. The van der Waals surface area contributed by atoms with Crippen molar-refractivity contribution in [3.05, 3.63) is 57.8 Å². The van der Waals surface area contributed by atoms with Crippen molar-refractivity contribution in [2.24, 2.45) is 17.3 Å². The minimum atomic E-state index is -0.837. The van der Waals surface area contributed by atoms with Gasteiger partial charge >= 0.3 is 5.97 Å². The van der Waals surface area contributed by atoms with E-state index >= 15 is 0 Å². The van der Waals surface area contributed by atoms with Crippen molar-refractivity contribution in [1.82, 2.24) is 9.36 Å².